The number of benzene rings is 2. The smallest absolute Gasteiger partial charge is 0.317 e. The zero-order chi connectivity index (χ0) is 29.1. The maximum atomic E-state index is 14.7. The first-order chi connectivity index (χ1) is 18.8. The molecule has 222 valence electrons. The van der Waals surface area contributed by atoms with Gasteiger partial charge in [-0.2, -0.15) is 18.4 Å². The molecule has 0 bridgehead atoms. The Kier molecular flexibility index (Phi) is 9.72. The van der Waals surface area contributed by atoms with Gasteiger partial charge in [0.25, 0.3) is 11.9 Å². The lowest BCUT2D eigenvalue weighted by atomic mass is 9.71. The summed E-state index contributed by atoms with van der Waals surface area (Å²) < 4.78 is 54.4. The summed E-state index contributed by atoms with van der Waals surface area (Å²) in [6.07, 6.45) is -1.74. The van der Waals surface area contributed by atoms with E-state index >= 15 is 0 Å². The number of tetrazole rings is 1. The van der Waals surface area contributed by atoms with Gasteiger partial charge in [0, 0.05) is 18.2 Å². The average Bonchev–Trinajstić information content (AvgIpc) is 3.40. The summed E-state index contributed by atoms with van der Waals surface area (Å²) in [6, 6.07) is 8.40. The van der Waals surface area contributed by atoms with Gasteiger partial charge in [-0.3, -0.25) is 10.1 Å². The molecule has 0 spiro atoms. The Labute approximate surface area is 236 Å². The molecule has 0 unspecified atom stereocenters. The molecule has 1 aromatic heterocycles. The predicted octanol–water partition coefficient (Wildman–Crippen LogP) is 6.89. The van der Waals surface area contributed by atoms with E-state index in [2.05, 4.69) is 52.0 Å². The van der Waals surface area contributed by atoms with Crippen molar-refractivity contribution in [2.24, 2.45) is 11.3 Å². The molecular formula is C28H35F4N7O2. The molecule has 4 rings (SSSR count). The van der Waals surface area contributed by atoms with Crippen molar-refractivity contribution in [1.29, 1.82) is 0 Å². The van der Waals surface area contributed by atoms with Crippen LogP contribution in [0, 0.1) is 17.2 Å². The summed E-state index contributed by atoms with van der Waals surface area (Å²) in [7, 11) is 0. The van der Waals surface area contributed by atoms with Crippen LogP contribution in [-0.4, -0.2) is 43.5 Å². The molecule has 0 saturated heterocycles. The predicted molar refractivity (Wildman–Crippen MR) is 146 cm³/mol. The third-order valence-electron chi connectivity index (χ3n) is 7.31. The minimum Gasteiger partial charge on any atom is -0.317 e. The molecule has 0 atom stereocenters. The molecule has 3 aromatic rings. The van der Waals surface area contributed by atoms with Gasteiger partial charge >= 0.3 is 12.2 Å². The second-order valence-corrected chi connectivity index (χ2v) is 11.0. The third-order valence-corrected chi connectivity index (χ3v) is 7.31. The molecule has 13 heteroatoms. The molecule has 3 N–H and O–H groups in total. The number of amides is 3. The molecular weight excluding hydrogens is 542 g/mol. The fourth-order valence-electron chi connectivity index (χ4n) is 5.00. The number of hydrogen-bond donors (Lipinski definition) is 3. The van der Waals surface area contributed by atoms with Gasteiger partial charge in [-0.05, 0) is 72.1 Å². The lowest BCUT2D eigenvalue weighted by Crippen LogP contribution is -2.45. The maximum absolute atomic E-state index is 14.7. The second-order valence-electron chi connectivity index (χ2n) is 11.0. The number of halogens is 4. The molecule has 3 amide bonds. The van der Waals surface area contributed by atoms with Crippen molar-refractivity contribution in [2.45, 2.75) is 72.6 Å². The highest BCUT2D eigenvalue weighted by atomic mass is 19.4. The van der Waals surface area contributed by atoms with Crippen molar-refractivity contribution < 1.29 is 27.2 Å². The largest absolute Gasteiger partial charge is 0.419 e. The maximum Gasteiger partial charge on any atom is 0.419 e. The Morgan fingerprint density at radius 1 is 1.00 bits per heavy atom. The minimum absolute atomic E-state index is 0. The molecule has 2 aromatic carbocycles. The minimum atomic E-state index is -4.90. The van der Waals surface area contributed by atoms with E-state index in [0.717, 1.165) is 25.0 Å². The standard InChI is InChI=1S/C27H31F4N7O2.CH4/c1-26(2,3)18-11-13-19(14-12-18)38(25(40)32-21-6-4-5-20(22(21)28)27(29,30)31)15-16-7-9-17(10-8-16)23(39)33-24-34-36-37-35-24;/h4-10,18-19H,11-15H2,1-3H3,(H,32,40)(H2,33,34,35,36,37,39);1H4. The summed E-state index contributed by atoms with van der Waals surface area (Å²) >= 11 is 0. The molecule has 1 heterocycles. The topological polar surface area (TPSA) is 116 Å². The lowest BCUT2D eigenvalue weighted by molar-refractivity contribution is -0.139. The highest BCUT2D eigenvalue weighted by Crippen LogP contribution is 2.40. The summed E-state index contributed by atoms with van der Waals surface area (Å²) in [4.78, 5) is 27.4. The highest BCUT2D eigenvalue weighted by molar-refractivity contribution is 6.03. The van der Waals surface area contributed by atoms with Crippen LogP contribution in [0.3, 0.4) is 0 Å². The first-order valence-corrected chi connectivity index (χ1v) is 12.9. The normalized spacial score (nSPS) is 17.3. The Balaban J connectivity index is 0.00000462. The zero-order valence-electron chi connectivity index (χ0n) is 22.3. The van der Waals surface area contributed by atoms with Gasteiger partial charge in [0.2, 0.25) is 0 Å². The van der Waals surface area contributed by atoms with Crippen LogP contribution in [0.5, 0.6) is 0 Å². The van der Waals surface area contributed by atoms with Crippen LogP contribution in [0.15, 0.2) is 42.5 Å². The molecule has 0 radical (unpaired) electrons. The van der Waals surface area contributed by atoms with Crippen LogP contribution in [0.2, 0.25) is 0 Å². The Morgan fingerprint density at radius 2 is 1.66 bits per heavy atom. The number of aromatic nitrogens is 4. The number of nitrogens with one attached hydrogen (secondary N) is 3. The summed E-state index contributed by atoms with van der Waals surface area (Å²) in [5.41, 5.74) is -0.870. The van der Waals surface area contributed by atoms with Gasteiger partial charge in [0.05, 0.1) is 11.3 Å². The summed E-state index contributed by atoms with van der Waals surface area (Å²) in [6.45, 7) is 6.64. The number of nitrogens with zero attached hydrogens (tertiary/aromatic N) is 4. The van der Waals surface area contributed by atoms with Crippen LogP contribution in [0.1, 0.15) is 75.4 Å². The fraction of sp³-hybridized carbons (Fsp3) is 0.464. The van der Waals surface area contributed by atoms with Crippen molar-refractivity contribution in [3.05, 3.63) is 65.0 Å². The monoisotopic (exact) mass is 577 g/mol. The number of rotatable bonds is 6. The van der Waals surface area contributed by atoms with E-state index in [0.29, 0.717) is 36.0 Å². The van der Waals surface area contributed by atoms with E-state index in [9.17, 15) is 27.2 Å². The summed E-state index contributed by atoms with van der Waals surface area (Å²) in [5.74, 6) is -1.50. The van der Waals surface area contributed by atoms with Crippen LogP contribution >= 0.6 is 0 Å². The molecule has 0 aliphatic heterocycles. The van der Waals surface area contributed by atoms with E-state index in [4.69, 9.17) is 0 Å². The zero-order valence-corrected chi connectivity index (χ0v) is 22.3. The lowest BCUT2D eigenvalue weighted by Gasteiger charge is -2.41. The van der Waals surface area contributed by atoms with E-state index < -0.39 is 35.2 Å². The van der Waals surface area contributed by atoms with E-state index in [-0.39, 0.29) is 31.4 Å². The molecule has 1 saturated carbocycles. The van der Waals surface area contributed by atoms with Crippen molar-refractivity contribution in [3.63, 3.8) is 0 Å². The van der Waals surface area contributed by atoms with E-state index in [1.807, 2.05) is 0 Å². The second kappa shape index (κ2) is 12.6. The number of carbonyl (C=O) groups excluding carboxylic acids is 2. The number of urea groups is 1. The average molecular weight is 578 g/mol. The number of H-pyrrole nitrogens is 1. The summed E-state index contributed by atoms with van der Waals surface area (Å²) in [5, 5.41) is 17.8. The Hall–Kier alpha value is -4.03. The van der Waals surface area contributed by atoms with Gasteiger partial charge in [0.1, 0.15) is 0 Å². The van der Waals surface area contributed by atoms with Crippen molar-refractivity contribution in [3.8, 4) is 0 Å². The Bertz CT molecular complexity index is 1310. The van der Waals surface area contributed by atoms with Crippen LogP contribution < -0.4 is 10.6 Å². The first-order valence-electron chi connectivity index (χ1n) is 12.9. The van der Waals surface area contributed by atoms with Crippen molar-refractivity contribution in [1.82, 2.24) is 25.5 Å². The van der Waals surface area contributed by atoms with E-state index in [1.54, 1.807) is 24.3 Å². The van der Waals surface area contributed by atoms with E-state index in [1.165, 1.54) is 4.90 Å². The van der Waals surface area contributed by atoms with Crippen LogP contribution in [-0.2, 0) is 12.7 Å². The number of carbonyl (C=O) groups is 2. The van der Waals surface area contributed by atoms with Crippen LogP contribution in [0.25, 0.3) is 0 Å². The third kappa shape index (κ3) is 7.80. The quantitative estimate of drug-likeness (QED) is 0.276. The molecule has 1 aliphatic carbocycles. The van der Waals surface area contributed by atoms with Gasteiger partial charge in [0.15, 0.2) is 5.82 Å². The first kappa shape index (κ1) is 31.5. The molecule has 1 fully saturated rings. The number of hydrogen-bond acceptors (Lipinski definition) is 5. The van der Waals surface area contributed by atoms with Crippen molar-refractivity contribution >= 4 is 23.6 Å². The van der Waals surface area contributed by atoms with Gasteiger partial charge in [-0.25, -0.2) is 9.18 Å². The van der Waals surface area contributed by atoms with Gasteiger partial charge < -0.3 is 10.2 Å². The molecule has 41 heavy (non-hydrogen) atoms. The SMILES string of the molecule is C.CC(C)(C)C1CCC(N(Cc2ccc(C(=O)Nc3nn[nH]n3)cc2)C(=O)Nc2cccc(C(F)(F)F)c2F)CC1. The number of alkyl halides is 3. The highest BCUT2D eigenvalue weighted by Gasteiger charge is 2.36. The molecule has 9 nitrogen and oxygen atoms in total. The number of aromatic amines is 1. The van der Waals surface area contributed by atoms with Crippen molar-refractivity contribution in [2.75, 3.05) is 10.6 Å². The van der Waals surface area contributed by atoms with Gasteiger partial charge in [-0.1, -0.05) is 51.5 Å². The fourth-order valence-corrected chi connectivity index (χ4v) is 5.00. The Morgan fingerprint density at radius 3 is 2.22 bits per heavy atom. The van der Waals surface area contributed by atoms with Crippen LogP contribution in [0.4, 0.5) is 34.0 Å². The molecule has 1 aliphatic rings. The van der Waals surface area contributed by atoms with Gasteiger partial charge in [-0.15, -0.1) is 5.10 Å². The number of anilines is 2.